The summed E-state index contributed by atoms with van der Waals surface area (Å²) in [4.78, 5) is 17.3. The summed E-state index contributed by atoms with van der Waals surface area (Å²) in [5.41, 5.74) is 4.51. The number of amides is 1. The number of hydrogen-bond acceptors (Lipinski definition) is 4. The first-order chi connectivity index (χ1) is 13.0. The number of nitrogens with zero attached hydrogens (tertiary/aromatic N) is 3. The van der Waals surface area contributed by atoms with E-state index in [0.717, 1.165) is 70.6 Å². The van der Waals surface area contributed by atoms with Crippen molar-refractivity contribution in [2.24, 2.45) is 5.92 Å². The van der Waals surface area contributed by atoms with Crippen LogP contribution in [0.25, 0.3) is 16.6 Å². The van der Waals surface area contributed by atoms with Crippen LogP contribution in [0.3, 0.4) is 0 Å². The molecule has 0 atom stereocenters. The average molecular weight is 431 g/mol. The Morgan fingerprint density at radius 2 is 2.11 bits per heavy atom. The zero-order valence-electron chi connectivity index (χ0n) is 15.6. The molecule has 0 radical (unpaired) electrons. The molecule has 4 rings (SSSR count). The first-order valence-electron chi connectivity index (χ1n) is 9.31. The Labute approximate surface area is 166 Å². The minimum Gasteiger partial charge on any atom is -0.381 e. The standard InChI is InChI=1S/C20H23BrN4O2/c1-12-17(10-19(26)22-11-14-5-7-27-8-6-14)13(2)25-20(23-12)16-4-3-15(21)9-18(16)24-25/h3-4,9,14H,5-8,10-11H2,1-2H3,(H,22,26). The van der Waals surface area contributed by atoms with E-state index in [9.17, 15) is 4.79 Å². The number of nitrogens with one attached hydrogen (secondary N) is 1. The van der Waals surface area contributed by atoms with Gasteiger partial charge in [-0.2, -0.15) is 5.10 Å². The highest BCUT2D eigenvalue weighted by atomic mass is 79.9. The molecule has 2 aromatic heterocycles. The van der Waals surface area contributed by atoms with E-state index in [1.807, 2.05) is 36.6 Å². The van der Waals surface area contributed by atoms with Crippen LogP contribution in [0.5, 0.6) is 0 Å². The van der Waals surface area contributed by atoms with Gasteiger partial charge in [0.2, 0.25) is 5.91 Å². The summed E-state index contributed by atoms with van der Waals surface area (Å²) in [6.45, 7) is 6.27. The highest BCUT2D eigenvalue weighted by Crippen LogP contribution is 2.25. The second-order valence-electron chi connectivity index (χ2n) is 7.19. The van der Waals surface area contributed by atoms with E-state index in [0.29, 0.717) is 12.3 Å². The summed E-state index contributed by atoms with van der Waals surface area (Å²) >= 11 is 3.49. The smallest absolute Gasteiger partial charge is 0.224 e. The van der Waals surface area contributed by atoms with Crippen LogP contribution in [-0.4, -0.2) is 40.3 Å². The van der Waals surface area contributed by atoms with Gasteiger partial charge in [-0.25, -0.2) is 9.50 Å². The van der Waals surface area contributed by atoms with E-state index >= 15 is 0 Å². The number of aryl methyl sites for hydroxylation is 2. The zero-order chi connectivity index (χ0) is 19.0. The van der Waals surface area contributed by atoms with Gasteiger partial charge in [0.1, 0.15) is 0 Å². The molecule has 7 heteroatoms. The van der Waals surface area contributed by atoms with E-state index in [-0.39, 0.29) is 5.91 Å². The average Bonchev–Trinajstić information content (AvgIpc) is 3.02. The lowest BCUT2D eigenvalue weighted by molar-refractivity contribution is -0.120. The highest BCUT2D eigenvalue weighted by Gasteiger charge is 2.18. The molecule has 0 aliphatic carbocycles. The number of ether oxygens (including phenoxy) is 1. The van der Waals surface area contributed by atoms with Crippen molar-refractivity contribution in [2.75, 3.05) is 19.8 Å². The first-order valence-corrected chi connectivity index (χ1v) is 10.1. The monoisotopic (exact) mass is 430 g/mol. The maximum atomic E-state index is 12.5. The Morgan fingerprint density at radius 1 is 1.33 bits per heavy atom. The number of aromatic nitrogens is 3. The zero-order valence-corrected chi connectivity index (χ0v) is 17.2. The molecular weight excluding hydrogens is 408 g/mol. The van der Waals surface area contributed by atoms with Gasteiger partial charge in [0.05, 0.1) is 11.9 Å². The number of benzene rings is 1. The quantitative estimate of drug-likeness (QED) is 0.688. The van der Waals surface area contributed by atoms with Crippen LogP contribution in [0, 0.1) is 19.8 Å². The number of fused-ring (bicyclic) bond motifs is 3. The molecule has 1 aromatic carbocycles. The molecule has 3 aromatic rings. The van der Waals surface area contributed by atoms with Gasteiger partial charge in [-0.3, -0.25) is 4.79 Å². The minimum atomic E-state index is 0.0355. The summed E-state index contributed by atoms with van der Waals surface area (Å²) in [5, 5.41) is 8.78. The molecule has 3 heterocycles. The fourth-order valence-corrected chi connectivity index (χ4v) is 4.04. The van der Waals surface area contributed by atoms with Crippen LogP contribution in [0.15, 0.2) is 22.7 Å². The van der Waals surface area contributed by atoms with Crippen LogP contribution < -0.4 is 5.32 Å². The first kappa shape index (κ1) is 18.4. The number of halogens is 1. The molecule has 0 saturated carbocycles. The van der Waals surface area contributed by atoms with Gasteiger partial charge in [-0.15, -0.1) is 0 Å². The van der Waals surface area contributed by atoms with Crippen molar-refractivity contribution in [1.29, 1.82) is 0 Å². The molecule has 1 aliphatic rings. The van der Waals surface area contributed by atoms with Crippen LogP contribution in [0.2, 0.25) is 0 Å². The van der Waals surface area contributed by atoms with E-state index in [4.69, 9.17) is 9.72 Å². The Kier molecular flexibility index (Phi) is 5.14. The van der Waals surface area contributed by atoms with Gasteiger partial charge in [0.25, 0.3) is 0 Å². The van der Waals surface area contributed by atoms with E-state index in [1.54, 1.807) is 0 Å². The second-order valence-corrected chi connectivity index (χ2v) is 8.11. The van der Waals surface area contributed by atoms with Crippen molar-refractivity contribution in [1.82, 2.24) is 19.9 Å². The summed E-state index contributed by atoms with van der Waals surface area (Å²) in [6, 6.07) is 6.00. The summed E-state index contributed by atoms with van der Waals surface area (Å²) in [6.07, 6.45) is 2.35. The van der Waals surface area contributed by atoms with Gasteiger partial charge < -0.3 is 10.1 Å². The molecule has 1 fully saturated rings. The van der Waals surface area contributed by atoms with Crippen LogP contribution in [0.4, 0.5) is 0 Å². The fourth-order valence-electron chi connectivity index (χ4n) is 3.69. The number of rotatable bonds is 4. The predicted octanol–water partition coefficient (Wildman–Crippen LogP) is 3.35. The maximum Gasteiger partial charge on any atom is 0.224 e. The molecular formula is C20H23BrN4O2. The van der Waals surface area contributed by atoms with Gasteiger partial charge in [0.15, 0.2) is 5.65 Å². The topological polar surface area (TPSA) is 68.5 Å². The molecule has 6 nitrogen and oxygen atoms in total. The lowest BCUT2D eigenvalue weighted by atomic mass is 10.0. The third-order valence-corrected chi connectivity index (χ3v) is 5.83. The molecule has 1 saturated heterocycles. The predicted molar refractivity (Wildman–Crippen MR) is 108 cm³/mol. The normalized spacial score (nSPS) is 15.5. The molecule has 27 heavy (non-hydrogen) atoms. The molecule has 0 spiro atoms. The van der Waals surface area contributed by atoms with Crippen LogP contribution in [0.1, 0.15) is 29.8 Å². The van der Waals surface area contributed by atoms with Crippen molar-refractivity contribution in [3.8, 4) is 0 Å². The molecule has 0 bridgehead atoms. The maximum absolute atomic E-state index is 12.5. The molecule has 0 unspecified atom stereocenters. The van der Waals surface area contributed by atoms with Gasteiger partial charge in [0, 0.05) is 46.6 Å². The second kappa shape index (κ2) is 7.56. The summed E-state index contributed by atoms with van der Waals surface area (Å²) in [5.74, 6) is 0.550. The van der Waals surface area contributed by atoms with E-state index in [2.05, 4.69) is 26.3 Å². The van der Waals surface area contributed by atoms with E-state index in [1.165, 1.54) is 0 Å². The SMILES string of the molecule is Cc1nc2c3ccc(Br)cc3nn2c(C)c1CC(=O)NCC1CCOCC1. The van der Waals surface area contributed by atoms with Crippen LogP contribution >= 0.6 is 15.9 Å². The van der Waals surface area contributed by atoms with Crippen molar-refractivity contribution in [3.63, 3.8) is 0 Å². The lowest BCUT2D eigenvalue weighted by Gasteiger charge is -2.22. The largest absolute Gasteiger partial charge is 0.381 e. The van der Waals surface area contributed by atoms with Gasteiger partial charge in [-0.1, -0.05) is 15.9 Å². The van der Waals surface area contributed by atoms with Gasteiger partial charge in [-0.05, 0) is 50.8 Å². The van der Waals surface area contributed by atoms with Gasteiger partial charge >= 0.3 is 0 Å². The molecule has 142 valence electrons. The number of carbonyl (C=O) groups is 1. The third kappa shape index (κ3) is 3.71. The van der Waals surface area contributed by atoms with Crippen molar-refractivity contribution >= 4 is 38.4 Å². The summed E-state index contributed by atoms with van der Waals surface area (Å²) < 4.78 is 8.21. The van der Waals surface area contributed by atoms with Crippen molar-refractivity contribution in [2.45, 2.75) is 33.1 Å². The fraction of sp³-hybridized carbons (Fsp3) is 0.450. The Hall–Kier alpha value is -1.99. The molecule has 1 amide bonds. The molecule has 1 aliphatic heterocycles. The minimum absolute atomic E-state index is 0.0355. The van der Waals surface area contributed by atoms with Crippen molar-refractivity contribution < 1.29 is 9.53 Å². The highest BCUT2D eigenvalue weighted by molar-refractivity contribution is 9.10. The van der Waals surface area contributed by atoms with E-state index < -0.39 is 0 Å². The van der Waals surface area contributed by atoms with Crippen molar-refractivity contribution in [3.05, 3.63) is 39.6 Å². The lowest BCUT2D eigenvalue weighted by Crippen LogP contribution is -2.33. The Morgan fingerprint density at radius 3 is 2.89 bits per heavy atom. The number of carbonyl (C=O) groups excluding carboxylic acids is 1. The third-order valence-electron chi connectivity index (χ3n) is 5.34. The Bertz CT molecular complexity index is 1010. The summed E-state index contributed by atoms with van der Waals surface area (Å²) in [7, 11) is 0. The Balaban J connectivity index is 1.57. The number of hydrogen-bond donors (Lipinski definition) is 1. The van der Waals surface area contributed by atoms with Crippen LogP contribution in [-0.2, 0) is 16.0 Å². The molecule has 1 N–H and O–H groups in total.